The highest BCUT2D eigenvalue weighted by Gasteiger charge is 2.30. The zero-order valence-electron chi connectivity index (χ0n) is 15.6. The SMILES string of the molecule is CC(=O)Nc1cn2nc(-c3cnc(N)c(-c4ccc(C(F)(F)F)cc4)c3)ccc2n1. The second-order valence-corrected chi connectivity index (χ2v) is 6.56. The second-order valence-electron chi connectivity index (χ2n) is 6.56. The molecule has 30 heavy (non-hydrogen) atoms. The summed E-state index contributed by atoms with van der Waals surface area (Å²) in [5, 5.41) is 7.04. The Kier molecular flexibility index (Phi) is 4.61. The van der Waals surface area contributed by atoms with Gasteiger partial charge in [0.25, 0.3) is 0 Å². The van der Waals surface area contributed by atoms with Gasteiger partial charge in [-0.1, -0.05) is 12.1 Å². The minimum atomic E-state index is -4.41. The van der Waals surface area contributed by atoms with Crippen molar-refractivity contribution < 1.29 is 18.0 Å². The summed E-state index contributed by atoms with van der Waals surface area (Å²) in [6, 6.07) is 9.87. The van der Waals surface area contributed by atoms with Crippen molar-refractivity contribution >= 4 is 23.2 Å². The molecule has 0 atom stereocenters. The topological polar surface area (TPSA) is 98.2 Å². The van der Waals surface area contributed by atoms with E-state index in [2.05, 4.69) is 20.4 Å². The van der Waals surface area contributed by atoms with Crippen LogP contribution in [0.15, 0.2) is 54.9 Å². The number of hydrogen-bond donors (Lipinski definition) is 2. The smallest absolute Gasteiger partial charge is 0.383 e. The molecule has 4 rings (SSSR count). The molecule has 3 aromatic heterocycles. The molecular formula is C20H15F3N6O. The number of anilines is 2. The number of nitrogens with one attached hydrogen (secondary N) is 1. The molecule has 0 fully saturated rings. The standard InChI is InChI=1S/C20H15F3N6O/c1-11(30)26-17-10-29-18(27-17)7-6-16(28-29)13-8-15(19(24)25-9-13)12-2-4-14(5-3-12)20(21,22)23/h2-10H,1H3,(H2,24,25)(H,26,30). The van der Waals surface area contributed by atoms with Crippen LogP contribution in [-0.4, -0.2) is 25.5 Å². The number of carbonyl (C=O) groups excluding carboxylic acids is 1. The zero-order valence-corrected chi connectivity index (χ0v) is 15.6. The molecule has 7 nitrogen and oxygen atoms in total. The number of fused-ring (bicyclic) bond motifs is 1. The molecule has 1 amide bonds. The van der Waals surface area contributed by atoms with E-state index in [9.17, 15) is 18.0 Å². The van der Waals surface area contributed by atoms with Gasteiger partial charge in [-0.2, -0.15) is 18.3 Å². The first-order valence-electron chi connectivity index (χ1n) is 8.78. The van der Waals surface area contributed by atoms with Crippen LogP contribution >= 0.6 is 0 Å². The minimum Gasteiger partial charge on any atom is -0.383 e. The third-order valence-corrected chi connectivity index (χ3v) is 4.36. The van der Waals surface area contributed by atoms with E-state index in [-0.39, 0.29) is 11.7 Å². The lowest BCUT2D eigenvalue weighted by Gasteiger charge is -2.10. The Bertz CT molecular complexity index is 1250. The fourth-order valence-electron chi connectivity index (χ4n) is 2.96. The molecule has 10 heteroatoms. The van der Waals surface area contributed by atoms with E-state index in [0.29, 0.717) is 33.8 Å². The van der Waals surface area contributed by atoms with Gasteiger partial charge in [0.1, 0.15) is 5.82 Å². The van der Waals surface area contributed by atoms with Crippen LogP contribution in [0.25, 0.3) is 28.0 Å². The number of aromatic nitrogens is 4. The van der Waals surface area contributed by atoms with Crippen LogP contribution in [0.5, 0.6) is 0 Å². The number of benzene rings is 1. The number of nitrogens with zero attached hydrogens (tertiary/aromatic N) is 4. The Morgan fingerprint density at radius 3 is 2.50 bits per heavy atom. The average Bonchev–Trinajstić information content (AvgIpc) is 3.08. The summed E-state index contributed by atoms with van der Waals surface area (Å²) < 4.78 is 39.9. The third-order valence-electron chi connectivity index (χ3n) is 4.36. The van der Waals surface area contributed by atoms with Crippen molar-refractivity contribution in [3.8, 4) is 22.4 Å². The van der Waals surface area contributed by atoms with E-state index in [0.717, 1.165) is 12.1 Å². The van der Waals surface area contributed by atoms with Gasteiger partial charge in [-0.25, -0.2) is 14.5 Å². The first kappa shape index (κ1) is 19.4. The van der Waals surface area contributed by atoms with Crippen molar-refractivity contribution in [1.82, 2.24) is 19.6 Å². The van der Waals surface area contributed by atoms with E-state index < -0.39 is 11.7 Å². The van der Waals surface area contributed by atoms with Crippen molar-refractivity contribution in [2.24, 2.45) is 0 Å². The molecule has 0 aliphatic rings. The van der Waals surface area contributed by atoms with Gasteiger partial charge in [0.15, 0.2) is 11.5 Å². The summed E-state index contributed by atoms with van der Waals surface area (Å²) in [5.74, 6) is 0.311. The predicted molar refractivity (Wildman–Crippen MR) is 105 cm³/mol. The summed E-state index contributed by atoms with van der Waals surface area (Å²) in [6.07, 6.45) is -1.31. The highest BCUT2D eigenvalue weighted by Crippen LogP contribution is 2.33. The lowest BCUT2D eigenvalue weighted by Crippen LogP contribution is -2.05. The molecule has 0 bridgehead atoms. The van der Waals surface area contributed by atoms with Crippen molar-refractivity contribution in [2.45, 2.75) is 13.1 Å². The fraction of sp³-hybridized carbons (Fsp3) is 0.100. The molecule has 0 radical (unpaired) electrons. The van der Waals surface area contributed by atoms with Crippen molar-refractivity contribution in [3.05, 3.63) is 60.4 Å². The third kappa shape index (κ3) is 3.79. The van der Waals surface area contributed by atoms with Crippen LogP contribution in [0.2, 0.25) is 0 Å². The fourth-order valence-corrected chi connectivity index (χ4v) is 2.96. The molecular weight excluding hydrogens is 397 g/mol. The normalized spacial score (nSPS) is 11.6. The van der Waals surface area contributed by atoms with Crippen molar-refractivity contribution in [3.63, 3.8) is 0 Å². The molecule has 1 aromatic carbocycles. The van der Waals surface area contributed by atoms with Crippen LogP contribution in [0, 0.1) is 0 Å². The molecule has 0 saturated heterocycles. The average molecular weight is 412 g/mol. The number of imidazole rings is 1. The van der Waals surface area contributed by atoms with Crippen molar-refractivity contribution in [1.29, 1.82) is 0 Å². The van der Waals surface area contributed by atoms with Crippen LogP contribution in [0.4, 0.5) is 24.8 Å². The molecule has 3 heterocycles. The van der Waals surface area contributed by atoms with Gasteiger partial charge in [-0.3, -0.25) is 4.79 Å². The molecule has 0 aliphatic heterocycles. The van der Waals surface area contributed by atoms with Gasteiger partial charge < -0.3 is 11.1 Å². The Morgan fingerprint density at radius 2 is 1.83 bits per heavy atom. The van der Waals surface area contributed by atoms with Gasteiger partial charge in [0.05, 0.1) is 17.5 Å². The number of nitrogens with two attached hydrogens (primary N) is 1. The predicted octanol–water partition coefficient (Wildman–Crippen LogP) is 4.02. The second kappa shape index (κ2) is 7.14. The minimum absolute atomic E-state index is 0.190. The quantitative estimate of drug-likeness (QED) is 0.530. The number of rotatable bonds is 3. The van der Waals surface area contributed by atoms with Crippen LogP contribution in [0.3, 0.4) is 0 Å². The number of hydrogen-bond acceptors (Lipinski definition) is 5. The molecule has 4 aromatic rings. The van der Waals surface area contributed by atoms with Gasteiger partial charge in [-0.15, -0.1) is 0 Å². The molecule has 3 N–H and O–H groups in total. The number of carbonyl (C=O) groups is 1. The number of pyridine rings is 1. The Labute approximate surface area is 168 Å². The number of alkyl halides is 3. The van der Waals surface area contributed by atoms with Crippen LogP contribution in [-0.2, 0) is 11.0 Å². The maximum absolute atomic E-state index is 12.8. The first-order chi connectivity index (χ1) is 14.2. The van der Waals surface area contributed by atoms with E-state index in [4.69, 9.17) is 5.73 Å². The van der Waals surface area contributed by atoms with E-state index in [1.54, 1.807) is 24.4 Å². The number of halogens is 3. The van der Waals surface area contributed by atoms with E-state index in [1.165, 1.54) is 29.8 Å². The number of nitrogen functional groups attached to an aromatic ring is 1. The van der Waals surface area contributed by atoms with Gasteiger partial charge in [0.2, 0.25) is 5.91 Å². The molecule has 0 unspecified atom stereocenters. The highest BCUT2D eigenvalue weighted by molar-refractivity contribution is 5.87. The van der Waals surface area contributed by atoms with E-state index in [1.807, 2.05) is 0 Å². The number of amides is 1. The summed E-state index contributed by atoms with van der Waals surface area (Å²) in [6.45, 7) is 1.38. The summed E-state index contributed by atoms with van der Waals surface area (Å²) in [4.78, 5) is 19.6. The lowest BCUT2D eigenvalue weighted by molar-refractivity contribution is -0.137. The van der Waals surface area contributed by atoms with Gasteiger partial charge in [-0.05, 0) is 35.9 Å². The van der Waals surface area contributed by atoms with E-state index >= 15 is 0 Å². The van der Waals surface area contributed by atoms with Crippen molar-refractivity contribution in [2.75, 3.05) is 11.1 Å². The Hall–Kier alpha value is -3.95. The summed E-state index contributed by atoms with van der Waals surface area (Å²) in [5.41, 5.74) is 7.92. The Morgan fingerprint density at radius 1 is 1.10 bits per heavy atom. The van der Waals surface area contributed by atoms with Crippen LogP contribution < -0.4 is 11.1 Å². The molecule has 0 saturated carbocycles. The van der Waals surface area contributed by atoms with Gasteiger partial charge in [0, 0.05) is 24.2 Å². The lowest BCUT2D eigenvalue weighted by atomic mass is 10.0. The molecule has 152 valence electrons. The maximum Gasteiger partial charge on any atom is 0.416 e. The first-order valence-corrected chi connectivity index (χ1v) is 8.78. The van der Waals surface area contributed by atoms with Gasteiger partial charge >= 0.3 is 6.18 Å². The zero-order chi connectivity index (χ0) is 21.5. The molecule has 0 aliphatic carbocycles. The largest absolute Gasteiger partial charge is 0.416 e. The van der Waals surface area contributed by atoms with Crippen LogP contribution in [0.1, 0.15) is 12.5 Å². The Balaban J connectivity index is 1.71. The molecule has 0 spiro atoms. The summed E-state index contributed by atoms with van der Waals surface area (Å²) >= 11 is 0. The highest BCUT2D eigenvalue weighted by atomic mass is 19.4. The summed E-state index contributed by atoms with van der Waals surface area (Å²) in [7, 11) is 0. The monoisotopic (exact) mass is 412 g/mol. The maximum atomic E-state index is 12.8.